The fraction of sp³-hybridized carbons (Fsp3) is 0.235. The summed E-state index contributed by atoms with van der Waals surface area (Å²) in [7, 11) is 0. The summed E-state index contributed by atoms with van der Waals surface area (Å²) in [5, 5.41) is 1.21. The molecular formula is C17H18FN3. The number of nitrogens with two attached hydrogens (primary N) is 1. The quantitative estimate of drug-likeness (QED) is 0.799. The molecule has 0 aliphatic rings. The van der Waals surface area contributed by atoms with Gasteiger partial charge in [0.05, 0.1) is 6.20 Å². The summed E-state index contributed by atoms with van der Waals surface area (Å²) in [6, 6.07) is 9.85. The Hall–Kier alpha value is -2.20. The topological polar surface area (TPSA) is 43.8 Å². The molecule has 21 heavy (non-hydrogen) atoms. The first-order valence-electron chi connectivity index (χ1n) is 7.05. The van der Waals surface area contributed by atoms with Gasteiger partial charge in [0, 0.05) is 35.9 Å². The van der Waals surface area contributed by atoms with E-state index in [0.717, 1.165) is 17.5 Å². The minimum absolute atomic E-state index is 0.111. The monoisotopic (exact) mass is 283 g/mol. The fourth-order valence-electron chi connectivity index (χ4n) is 2.70. The Balaban J connectivity index is 2.02. The summed E-state index contributed by atoms with van der Waals surface area (Å²) in [6.07, 6.45) is 5.86. The first kappa shape index (κ1) is 13.8. The van der Waals surface area contributed by atoms with Crippen LogP contribution >= 0.6 is 0 Å². The molecule has 4 heteroatoms. The Kier molecular flexibility index (Phi) is 3.71. The van der Waals surface area contributed by atoms with Gasteiger partial charge in [-0.25, -0.2) is 4.39 Å². The first-order chi connectivity index (χ1) is 10.1. The standard InChI is InChI=1S/C17H18FN3/c1-12(19)6-14-11-21(17-5-3-2-4-16(14)17)10-13-7-15(18)9-20-8-13/h2-5,7-9,11-12H,6,10,19H2,1H3. The van der Waals surface area contributed by atoms with E-state index in [-0.39, 0.29) is 11.9 Å². The van der Waals surface area contributed by atoms with Crippen molar-refractivity contribution in [1.29, 1.82) is 0 Å². The van der Waals surface area contributed by atoms with Crippen LogP contribution in [0.15, 0.2) is 48.9 Å². The first-order valence-corrected chi connectivity index (χ1v) is 7.05. The fourth-order valence-corrected chi connectivity index (χ4v) is 2.70. The van der Waals surface area contributed by atoms with E-state index in [2.05, 4.69) is 27.9 Å². The molecule has 3 nitrogen and oxygen atoms in total. The Bertz CT molecular complexity index is 762. The normalized spacial score (nSPS) is 12.7. The number of nitrogens with zero attached hydrogens (tertiary/aromatic N) is 2. The molecular weight excluding hydrogens is 265 g/mol. The summed E-state index contributed by atoms with van der Waals surface area (Å²) in [5.74, 6) is -0.306. The maximum atomic E-state index is 13.3. The summed E-state index contributed by atoms with van der Waals surface area (Å²) >= 11 is 0. The molecule has 1 aromatic carbocycles. The lowest BCUT2D eigenvalue weighted by Crippen LogP contribution is -2.17. The maximum absolute atomic E-state index is 13.3. The van der Waals surface area contributed by atoms with Gasteiger partial charge in [-0.15, -0.1) is 0 Å². The zero-order valence-electron chi connectivity index (χ0n) is 12.0. The van der Waals surface area contributed by atoms with Crippen LogP contribution in [0.25, 0.3) is 10.9 Å². The second-order valence-electron chi connectivity index (χ2n) is 5.49. The number of hydrogen-bond acceptors (Lipinski definition) is 2. The van der Waals surface area contributed by atoms with Gasteiger partial charge in [0.1, 0.15) is 5.82 Å². The third-order valence-corrected chi connectivity index (χ3v) is 3.53. The van der Waals surface area contributed by atoms with Crippen LogP contribution in [0, 0.1) is 5.82 Å². The lowest BCUT2D eigenvalue weighted by molar-refractivity contribution is 0.616. The summed E-state index contributed by atoms with van der Waals surface area (Å²) in [5.41, 5.74) is 9.14. The van der Waals surface area contributed by atoms with E-state index in [0.29, 0.717) is 6.54 Å². The van der Waals surface area contributed by atoms with Crippen molar-refractivity contribution >= 4 is 10.9 Å². The molecule has 3 aromatic rings. The van der Waals surface area contributed by atoms with Crippen molar-refractivity contribution in [3.05, 3.63) is 65.9 Å². The Morgan fingerprint density at radius 1 is 1.29 bits per heavy atom. The maximum Gasteiger partial charge on any atom is 0.141 e. The molecule has 3 rings (SSSR count). The average molecular weight is 283 g/mol. The van der Waals surface area contributed by atoms with Crippen LogP contribution in [-0.4, -0.2) is 15.6 Å². The molecule has 0 aliphatic carbocycles. The van der Waals surface area contributed by atoms with Gasteiger partial charge in [-0.3, -0.25) is 4.98 Å². The molecule has 2 N–H and O–H groups in total. The van der Waals surface area contributed by atoms with E-state index >= 15 is 0 Å². The Morgan fingerprint density at radius 3 is 2.86 bits per heavy atom. The third kappa shape index (κ3) is 2.95. The van der Waals surface area contributed by atoms with Crippen LogP contribution in [0.1, 0.15) is 18.1 Å². The van der Waals surface area contributed by atoms with E-state index in [1.54, 1.807) is 6.20 Å². The van der Waals surface area contributed by atoms with Crippen molar-refractivity contribution in [2.45, 2.75) is 25.9 Å². The van der Waals surface area contributed by atoms with Crippen LogP contribution in [0.5, 0.6) is 0 Å². The lowest BCUT2D eigenvalue weighted by Gasteiger charge is -2.05. The largest absolute Gasteiger partial charge is 0.343 e. The molecule has 2 heterocycles. The number of rotatable bonds is 4. The zero-order valence-corrected chi connectivity index (χ0v) is 12.0. The van der Waals surface area contributed by atoms with Crippen molar-refractivity contribution in [2.24, 2.45) is 5.73 Å². The second kappa shape index (κ2) is 5.66. The van der Waals surface area contributed by atoms with E-state index < -0.39 is 0 Å². The molecule has 0 bridgehead atoms. The lowest BCUT2D eigenvalue weighted by atomic mass is 10.1. The number of aromatic nitrogens is 2. The SMILES string of the molecule is CC(N)Cc1cn(Cc2cncc(F)c2)c2ccccc12. The number of pyridine rings is 1. The van der Waals surface area contributed by atoms with E-state index in [9.17, 15) is 4.39 Å². The van der Waals surface area contributed by atoms with E-state index in [1.165, 1.54) is 23.2 Å². The van der Waals surface area contributed by atoms with Gasteiger partial charge in [-0.05, 0) is 36.6 Å². The highest BCUT2D eigenvalue weighted by atomic mass is 19.1. The van der Waals surface area contributed by atoms with Crippen LogP contribution in [0.4, 0.5) is 4.39 Å². The highest BCUT2D eigenvalue weighted by Gasteiger charge is 2.10. The third-order valence-electron chi connectivity index (χ3n) is 3.53. The predicted molar refractivity (Wildman–Crippen MR) is 82.6 cm³/mol. The summed E-state index contributed by atoms with van der Waals surface area (Å²) in [6.45, 7) is 2.60. The summed E-state index contributed by atoms with van der Waals surface area (Å²) < 4.78 is 15.4. The molecule has 1 atom stereocenters. The van der Waals surface area contributed by atoms with Crippen molar-refractivity contribution in [1.82, 2.24) is 9.55 Å². The molecule has 0 fully saturated rings. The van der Waals surface area contributed by atoms with Crippen molar-refractivity contribution < 1.29 is 4.39 Å². The summed E-state index contributed by atoms with van der Waals surface area (Å²) in [4.78, 5) is 3.91. The van der Waals surface area contributed by atoms with Crippen LogP contribution in [0.2, 0.25) is 0 Å². The van der Waals surface area contributed by atoms with E-state index in [4.69, 9.17) is 5.73 Å². The molecule has 0 radical (unpaired) electrons. The van der Waals surface area contributed by atoms with Crippen LogP contribution in [-0.2, 0) is 13.0 Å². The second-order valence-corrected chi connectivity index (χ2v) is 5.49. The zero-order chi connectivity index (χ0) is 14.8. The number of halogens is 1. The van der Waals surface area contributed by atoms with E-state index in [1.807, 2.05) is 19.1 Å². The molecule has 1 unspecified atom stereocenters. The van der Waals surface area contributed by atoms with Gasteiger partial charge < -0.3 is 10.3 Å². The molecule has 108 valence electrons. The average Bonchev–Trinajstić information content (AvgIpc) is 2.77. The molecule has 0 saturated carbocycles. The molecule has 0 aliphatic heterocycles. The molecule has 0 saturated heterocycles. The van der Waals surface area contributed by atoms with Gasteiger partial charge in [0.15, 0.2) is 0 Å². The number of fused-ring (bicyclic) bond motifs is 1. The van der Waals surface area contributed by atoms with Gasteiger partial charge in [-0.1, -0.05) is 18.2 Å². The van der Waals surface area contributed by atoms with Crippen molar-refractivity contribution in [2.75, 3.05) is 0 Å². The highest BCUT2D eigenvalue weighted by molar-refractivity contribution is 5.84. The Labute approximate surface area is 123 Å². The number of hydrogen-bond donors (Lipinski definition) is 1. The highest BCUT2D eigenvalue weighted by Crippen LogP contribution is 2.23. The molecule has 0 spiro atoms. The number of para-hydroxylation sites is 1. The Morgan fingerprint density at radius 2 is 2.10 bits per heavy atom. The van der Waals surface area contributed by atoms with Crippen molar-refractivity contribution in [3.8, 4) is 0 Å². The predicted octanol–water partition coefficient (Wildman–Crippen LogP) is 3.11. The van der Waals surface area contributed by atoms with Gasteiger partial charge in [0.2, 0.25) is 0 Å². The van der Waals surface area contributed by atoms with Gasteiger partial charge in [-0.2, -0.15) is 0 Å². The minimum atomic E-state index is -0.306. The number of benzene rings is 1. The minimum Gasteiger partial charge on any atom is -0.343 e. The van der Waals surface area contributed by atoms with Gasteiger partial charge >= 0.3 is 0 Å². The van der Waals surface area contributed by atoms with Crippen molar-refractivity contribution in [3.63, 3.8) is 0 Å². The van der Waals surface area contributed by atoms with Crippen LogP contribution < -0.4 is 5.73 Å². The smallest absolute Gasteiger partial charge is 0.141 e. The molecule has 0 amide bonds. The van der Waals surface area contributed by atoms with Gasteiger partial charge in [0.25, 0.3) is 0 Å². The van der Waals surface area contributed by atoms with Crippen LogP contribution in [0.3, 0.4) is 0 Å². The molecule has 2 aromatic heterocycles.